The van der Waals surface area contributed by atoms with Crippen molar-refractivity contribution in [1.29, 1.82) is 0 Å². The molecule has 0 saturated heterocycles. The Balaban J connectivity index is 3.02. The van der Waals surface area contributed by atoms with Gasteiger partial charge >= 0.3 is 0 Å². The number of rotatable bonds is 3. The fourth-order valence-electron chi connectivity index (χ4n) is 1.63. The normalized spacial score (nSPS) is 14.1. The number of benzene rings is 1. The van der Waals surface area contributed by atoms with Gasteiger partial charge in [-0.15, -0.1) is 12.3 Å². The smallest absolute Gasteiger partial charge is 0.138 e. The molecule has 2 unspecified atom stereocenters. The molecule has 0 aliphatic carbocycles. The third-order valence-corrected chi connectivity index (χ3v) is 2.36. The van der Waals surface area contributed by atoms with Crippen LogP contribution in [0.4, 0.5) is 0 Å². The van der Waals surface area contributed by atoms with Crippen LogP contribution in [-0.4, -0.2) is 5.78 Å². The van der Waals surface area contributed by atoms with E-state index in [2.05, 4.69) is 5.92 Å². The zero-order valence-electron chi connectivity index (χ0n) is 8.53. The van der Waals surface area contributed by atoms with Crippen molar-refractivity contribution in [2.24, 2.45) is 5.92 Å². The van der Waals surface area contributed by atoms with Gasteiger partial charge in [0.05, 0.1) is 5.92 Å². The summed E-state index contributed by atoms with van der Waals surface area (Å²) in [6.45, 7) is 3.49. The summed E-state index contributed by atoms with van der Waals surface area (Å²) in [4.78, 5) is 11.4. The summed E-state index contributed by atoms with van der Waals surface area (Å²) in [6.07, 6.45) is 5.35. The van der Waals surface area contributed by atoms with Gasteiger partial charge in [-0.25, -0.2) is 0 Å². The predicted molar refractivity (Wildman–Crippen MR) is 57.9 cm³/mol. The summed E-state index contributed by atoms with van der Waals surface area (Å²) >= 11 is 0. The first kappa shape index (κ1) is 10.5. The van der Waals surface area contributed by atoms with Gasteiger partial charge in [0.15, 0.2) is 0 Å². The van der Waals surface area contributed by atoms with Crippen LogP contribution in [0.5, 0.6) is 0 Å². The molecule has 2 atom stereocenters. The topological polar surface area (TPSA) is 17.1 Å². The molecule has 1 nitrogen and oxygen atoms in total. The molecular formula is C13H14O. The Morgan fingerprint density at radius 3 is 2.36 bits per heavy atom. The molecule has 0 heterocycles. The second-order valence-electron chi connectivity index (χ2n) is 3.45. The second-order valence-corrected chi connectivity index (χ2v) is 3.45. The first-order chi connectivity index (χ1) is 6.66. The van der Waals surface area contributed by atoms with E-state index in [1.54, 1.807) is 6.92 Å². The van der Waals surface area contributed by atoms with E-state index >= 15 is 0 Å². The molecule has 0 aliphatic rings. The van der Waals surface area contributed by atoms with Crippen molar-refractivity contribution in [1.82, 2.24) is 0 Å². The number of Topliss-reactive ketones (excluding diaryl/α,β-unsaturated/α-hetero) is 1. The van der Waals surface area contributed by atoms with E-state index in [4.69, 9.17) is 6.42 Å². The quantitative estimate of drug-likeness (QED) is 0.663. The Hall–Kier alpha value is -1.55. The lowest BCUT2D eigenvalue weighted by Gasteiger charge is -2.17. The first-order valence-corrected chi connectivity index (χ1v) is 4.68. The van der Waals surface area contributed by atoms with Crippen LogP contribution in [0.15, 0.2) is 30.3 Å². The van der Waals surface area contributed by atoms with Gasteiger partial charge in [-0.1, -0.05) is 37.3 Å². The average Bonchev–Trinajstić information content (AvgIpc) is 2.19. The van der Waals surface area contributed by atoms with E-state index in [0.717, 1.165) is 5.56 Å². The molecule has 14 heavy (non-hydrogen) atoms. The average molecular weight is 186 g/mol. The number of carbonyl (C=O) groups is 1. The maximum Gasteiger partial charge on any atom is 0.138 e. The molecule has 0 radical (unpaired) electrons. The van der Waals surface area contributed by atoms with Crippen molar-refractivity contribution < 1.29 is 4.79 Å². The zero-order valence-corrected chi connectivity index (χ0v) is 8.53. The number of hydrogen-bond acceptors (Lipinski definition) is 1. The van der Waals surface area contributed by atoms with Crippen LogP contribution in [0.3, 0.4) is 0 Å². The lowest BCUT2D eigenvalue weighted by molar-refractivity contribution is -0.119. The SMILES string of the molecule is C#CC(C)C(C(C)=O)c1ccccc1. The van der Waals surface area contributed by atoms with Gasteiger partial charge in [0.1, 0.15) is 5.78 Å². The number of carbonyl (C=O) groups excluding carboxylic acids is 1. The summed E-state index contributed by atoms with van der Waals surface area (Å²) in [6, 6.07) is 9.67. The summed E-state index contributed by atoms with van der Waals surface area (Å²) in [7, 11) is 0. The fraction of sp³-hybridized carbons (Fsp3) is 0.308. The van der Waals surface area contributed by atoms with Gasteiger partial charge in [0, 0.05) is 5.92 Å². The molecule has 0 aromatic heterocycles. The highest BCUT2D eigenvalue weighted by Gasteiger charge is 2.21. The molecule has 1 heteroatoms. The minimum atomic E-state index is -0.166. The largest absolute Gasteiger partial charge is 0.299 e. The third kappa shape index (κ3) is 2.23. The summed E-state index contributed by atoms with van der Waals surface area (Å²) in [5.41, 5.74) is 1.01. The Morgan fingerprint density at radius 1 is 1.36 bits per heavy atom. The van der Waals surface area contributed by atoms with Gasteiger partial charge in [0.2, 0.25) is 0 Å². The molecule has 0 fully saturated rings. The zero-order chi connectivity index (χ0) is 10.6. The maximum atomic E-state index is 11.4. The standard InChI is InChI=1S/C13H14O/c1-4-10(2)13(11(3)14)12-8-6-5-7-9-12/h1,5-10,13H,2-3H3. The van der Waals surface area contributed by atoms with Crippen LogP contribution >= 0.6 is 0 Å². The lowest BCUT2D eigenvalue weighted by Crippen LogP contribution is -2.16. The molecule has 0 bridgehead atoms. The van der Waals surface area contributed by atoms with Crippen molar-refractivity contribution in [3.05, 3.63) is 35.9 Å². The number of ketones is 1. The molecule has 72 valence electrons. The predicted octanol–water partition coefficient (Wildman–Crippen LogP) is 2.63. The molecular weight excluding hydrogens is 172 g/mol. The van der Waals surface area contributed by atoms with E-state index < -0.39 is 0 Å². The highest BCUT2D eigenvalue weighted by atomic mass is 16.1. The highest BCUT2D eigenvalue weighted by Crippen LogP contribution is 2.24. The second kappa shape index (κ2) is 4.62. The Kier molecular flexibility index (Phi) is 3.48. The van der Waals surface area contributed by atoms with E-state index in [1.807, 2.05) is 37.3 Å². The monoisotopic (exact) mass is 186 g/mol. The van der Waals surface area contributed by atoms with Crippen molar-refractivity contribution in [3.63, 3.8) is 0 Å². The van der Waals surface area contributed by atoms with Crippen LogP contribution in [0.25, 0.3) is 0 Å². The van der Waals surface area contributed by atoms with Gasteiger partial charge in [-0.3, -0.25) is 4.79 Å². The van der Waals surface area contributed by atoms with Crippen LogP contribution in [-0.2, 0) is 4.79 Å². The van der Waals surface area contributed by atoms with Crippen molar-refractivity contribution in [2.75, 3.05) is 0 Å². The van der Waals surface area contributed by atoms with Crippen molar-refractivity contribution in [3.8, 4) is 12.3 Å². The lowest BCUT2D eigenvalue weighted by atomic mass is 9.85. The van der Waals surface area contributed by atoms with Crippen LogP contribution < -0.4 is 0 Å². The van der Waals surface area contributed by atoms with Crippen LogP contribution in [0.2, 0.25) is 0 Å². The van der Waals surface area contributed by atoms with E-state index in [0.29, 0.717) is 0 Å². The third-order valence-electron chi connectivity index (χ3n) is 2.36. The molecule has 0 N–H and O–H groups in total. The minimum absolute atomic E-state index is 0.0464. The number of terminal acetylenes is 1. The Morgan fingerprint density at radius 2 is 1.93 bits per heavy atom. The molecule has 1 rings (SSSR count). The first-order valence-electron chi connectivity index (χ1n) is 4.68. The van der Waals surface area contributed by atoms with Crippen molar-refractivity contribution in [2.45, 2.75) is 19.8 Å². The van der Waals surface area contributed by atoms with Crippen LogP contribution in [0.1, 0.15) is 25.3 Å². The summed E-state index contributed by atoms with van der Waals surface area (Å²) in [5, 5.41) is 0. The molecule has 1 aromatic carbocycles. The van der Waals surface area contributed by atoms with E-state index in [-0.39, 0.29) is 17.6 Å². The van der Waals surface area contributed by atoms with Crippen molar-refractivity contribution >= 4 is 5.78 Å². The Labute approximate surface area is 85.1 Å². The number of hydrogen-bond donors (Lipinski definition) is 0. The molecule has 0 spiro atoms. The van der Waals surface area contributed by atoms with Gasteiger partial charge in [0.25, 0.3) is 0 Å². The van der Waals surface area contributed by atoms with Crippen LogP contribution in [0, 0.1) is 18.3 Å². The summed E-state index contributed by atoms with van der Waals surface area (Å²) in [5.74, 6) is 2.54. The highest BCUT2D eigenvalue weighted by molar-refractivity contribution is 5.84. The minimum Gasteiger partial charge on any atom is -0.299 e. The Bertz CT molecular complexity index is 345. The van der Waals surface area contributed by atoms with Gasteiger partial charge in [-0.2, -0.15) is 0 Å². The van der Waals surface area contributed by atoms with E-state index in [1.165, 1.54) is 0 Å². The molecule has 0 aliphatic heterocycles. The fourth-order valence-corrected chi connectivity index (χ4v) is 1.63. The van der Waals surface area contributed by atoms with Gasteiger partial charge < -0.3 is 0 Å². The maximum absolute atomic E-state index is 11.4. The molecule has 1 aromatic rings. The molecule has 0 saturated carbocycles. The van der Waals surface area contributed by atoms with E-state index in [9.17, 15) is 4.79 Å². The summed E-state index contributed by atoms with van der Waals surface area (Å²) < 4.78 is 0. The molecule has 0 amide bonds. The van der Waals surface area contributed by atoms with Gasteiger partial charge in [-0.05, 0) is 12.5 Å².